The van der Waals surface area contributed by atoms with Crippen LogP contribution < -0.4 is 0 Å². The van der Waals surface area contributed by atoms with Crippen LogP contribution in [0, 0.1) is 0 Å². The van der Waals surface area contributed by atoms with Gasteiger partial charge < -0.3 is 65.3 Å². The highest BCUT2D eigenvalue weighted by atomic mass is 16.7. The predicted octanol–water partition coefficient (Wildman–Crippen LogP) is -1.01. The minimum atomic E-state index is -1.94. The number of ether oxygens (including phenoxy) is 3. The molecule has 0 spiro atoms. The molecule has 1 aliphatic rings. The Morgan fingerprint density at radius 2 is 1.16 bits per heavy atom. The summed E-state index contributed by atoms with van der Waals surface area (Å²) in [6, 6.07) is 0. The molecule has 14 heteroatoms. The zero-order chi connectivity index (χ0) is 33.1. The van der Waals surface area contributed by atoms with Gasteiger partial charge in [-0.25, -0.2) is 0 Å². The molecule has 10 N–H and O–H groups in total. The highest BCUT2D eigenvalue weighted by molar-refractivity contribution is 5.69. The van der Waals surface area contributed by atoms with E-state index in [1.165, 1.54) is 19.3 Å². The zero-order valence-electron chi connectivity index (χ0n) is 26.0. The SMILES string of the molecule is CCCCCCCCC(O)C(O)CCCCCCCC(=O)OC[C@H](O)[C@H](O)[C@@H](O)[C@@H](O)CO[C@H]1O[C@H](CO)[C@@H](O)[C@H](O)[C@H]1O. The van der Waals surface area contributed by atoms with E-state index in [9.17, 15) is 55.9 Å². The van der Waals surface area contributed by atoms with Crippen molar-refractivity contribution in [3.05, 3.63) is 0 Å². The molecule has 11 atom stereocenters. The molecule has 1 aliphatic heterocycles. The van der Waals surface area contributed by atoms with E-state index >= 15 is 0 Å². The molecule has 0 aromatic rings. The van der Waals surface area contributed by atoms with Crippen LogP contribution in [0.4, 0.5) is 0 Å². The van der Waals surface area contributed by atoms with Crippen molar-refractivity contribution in [3.8, 4) is 0 Å². The van der Waals surface area contributed by atoms with Gasteiger partial charge in [-0.1, -0.05) is 71.1 Å². The number of esters is 1. The maximum absolute atomic E-state index is 12.0. The third kappa shape index (κ3) is 15.5. The lowest BCUT2D eigenvalue weighted by Gasteiger charge is -2.40. The lowest BCUT2D eigenvalue weighted by molar-refractivity contribution is -0.306. The second kappa shape index (κ2) is 23.3. The molecule has 1 saturated heterocycles. The Hall–Kier alpha value is -1.01. The van der Waals surface area contributed by atoms with Crippen molar-refractivity contribution >= 4 is 5.97 Å². The van der Waals surface area contributed by atoms with Crippen molar-refractivity contribution < 1.29 is 70.1 Å². The Balaban J connectivity index is 2.17. The molecule has 1 fully saturated rings. The smallest absolute Gasteiger partial charge is 0.305 e. The molecule has 14 nitrogen and oxygen atoms in total. The van der Waals surface area contributed by atoms with E-state index in [4.69, 9.17) is 14.2 Å². The number of aliphatic hydroxyl groups excluding tert-OH is 10. The van der Waals surface area contributed by atoms with Crippen molar-refractivity contribution in [1.82, 2.24) is 0 Å². The fourth-order valence-corrected chi connectivity index (χ4v) is 4.97. The van der Waals surface area contributed by atoms with E-state index in [0.29, 0.717) is 19.3 Å². The molecular weight excluding hydrogens is 584 g/mol. The molecule has 262 valence electrons. The van der Waals surface area contributed by atoms with Crippen LogP contribution in [0.1, 0.15) is 96.8 Å². The minimum absolute atomic E-state index is 0.0839. The van der Waals surface area contributed by atoms with E-state index in [2.05, 4.69) is 6.92 Å². The first-order valence-electron chi connectivity index (χ1n) is 16.1. The van der Waals surface area contributed by atoms with Gasteiger partial charge >= 0.3 is 5.97 Å². The van der Waals surface area contributed by atoms with Crippen LogP contribution in [0.15, 0.2) is 0 Å². The number of carbonyl (C=O) groups excluding carboxylic acids is 1. The molecule has 0 aromatic carbocycles. The van der Waals surface area contributed by atoms with Crippen LogP contribution >= 0.6 is 0 Å². The molecule has 0 bridgehead atoms. The minimum Gasteiger partial charge on any atom is -0.463 e. The lowest BCUT2D eigenvalue weighted by Crippen LogP contribution is -2.59. The standard InChI is InChI=1S/C30H58O14/c1-2-3-4-5-7-10-13-19(32)20(33)14-11-8-6-9-12-15-24(36)42-17-21(34)25(37)26(38)22(35)18-43-30-29(41)28(40)27(39)23(16-31)44-30/h19-23,25-35,37-41H,2-18H2,1H3/t19?,20?,21-,22-,23+,25-,26-,27+,28-,29+,30-/m0/s1. The first kappa shape index (κ1) is 41.0. The average molecular weight is 643 g/mol. The van der Waals surface area contributed by atoms with Crippen molar-refractivity contribution in [1.29, 1.82) is 0 Å². The maximum atomic E-state index is 12.0. The van der Waals surface area contributed by atoms with E-state index in [1.807, 2.05) is 0 Å². The highest BCUT2D eigenvalue weighted by Crippen LogP contribution is 2.22. The van der Waals surface area contributed by atoms with Crippen molar-refractivity contribution in [2.45, 2.75) is 164 Å². The molecule has 0 saturated carbocycles. The molecule has 0 radical (unpaired) electrons. The lowest BCUT2D eigenvalue weighted by atomic mass is 9.99. The van der Waals surface area contributed by atoms with E-state index in [-0.39, 0.29) is 6.42 Å². The topological polar surface area (TPSA) is 247 Å². The van der Waals surface area contributed by atoms with Gasteiger partial charge in [0.15, 0.2) is 6.29 Å². The Morgan fingerprint density at radius 3 is 1.70 bits per heavy atom. The van der Waals surface area contributed by atoms with Crippen LogP contribution in [0.2, 0.25) is 0 Å². The third-order valence-corrected chi connectivity index (χ3v) is 8.01. The number of aliphatic hydroxyl groups is 10. The summed E-state index contributed by atoms with van der Waals surface area (Å²) in [4.78, 5) is 12.0. The van der Waals surface area contributed by atoms with Crippen LogP contribution in [-0.2, 0) is 19.0 Å². The van der Waals surface area contributed by atoms with Gasteiger partial charge in [-0.2, -0.15) is 0 Å². The third-order valence-electron chi connectivity index (χ3n) is 8.01. The van der Waals surface area contributed by atoms with E-state index in [0.717, 1.165) is 44.9 Å². The van der Waals surface area contributed by atoms with Crippen LogP contribution in [0.3, 0.4) is 0 Å². The first-order valence-corrected chi connectivity index (χ1v) is 16.1. The Bertz CT molecular complexity index is 728. The summed E-state index contributed by atoms with van der Waals surface area (Å²) in [5.41, 5.74) is 0. The molecule has 0 aromatic heterocycles. The molecular formula is C30H58O14. The summed E-state index contributed by atoms with van der Waals surface area (Å²) in [5, 5.41) is 99.5. The van der Waals surface area contributed by atoms with Gasteiger partial charge in [0.05, 0.1) is 25.4 Å². The van der Waals surface area contributed by atoms with Crippen molar-refractivity contribution in [3.63, 3.8) is 0 Å². The molecule has 1 rings (SSSR count). The molecule has 0 aliphatic carbocycles. The van der Waals surface area contributed by atoms with Gasteiger partial charge in [-0.3, -0.25) is 4.79 Å². The summed E-state index contributed by atoms with van der Waals surface area (Å²) in [6.45, 7) is 0.139. The Morgan fingerprint density at radius 1 is 0.659 bits per heavy atom. The van der Waals surface area contributed by atoms with Crippen molar-refractivity contribution in [2.24, 2.45) is 0 Å². The number of rotatable bonds is 25. The first-order chi connectivity index (χ1) is 20.9. The van der Waals surface area contributed by atoms with Crippen LogP contribution in [-0.4, -0.2) is 144 Å². The van der Waals surface area contributed by atoms with Gasteiger partial charge in [0.2, 0.25) is 0 Å². The van der Waals surface area contributed by atoms with E-state index < -0.39 is 93.1 Å². The van der Waals surface area contributed by atoms with Gasteiger partial charge in [-0.05, 0) is 19.3 Å². The fraction of sp³-hybridized carbons (Fsp3) is 0.967. The summed E-state index contributed by atoms with van der Waals surface area (Å²) in [7, 11) is 0. The van der Waals surface area contributed by atoms with Gasteiger partial charge in [0.1, 0.15) is 55.4 Å². The maximum Gasteiger partial charge on any atom is 0.305 e. The van der Waals surface area contributed by atoms with Crippen LogP contribution in [0.25, 0.3) is 0 Å². The summed E-state index contributed by atoms with van der Waals surface area (Å²) < 4.78 is 15.2. The number of unbranched alkanes of at least 4 members (excludes halogenated alkanes) is 9. The largest absolute Gasteiger partial charge is 0.463 e. The van der Waals surface area contributed by atoms with Crippen LogP contribution in [0.5, 0.6) is 0 Å². The fourth-order valence-electron chi connectivity index (χ4n) is 4.97. The molecule has 2 unspecified atom stereocenters. The molecule has 44 heavy (non-hydrogen) atoms. The predicted molar refractivity (Wildman–Crippen MR) is 157 cm³/mol. The Labute approximate surface area is 260 Å². The average Bonchev–Trinajstić information content (AvgIpc) is 3.02. The van der Waals surface area contributed by atoms with Gasteiger partial charge in [-0.15, -0.1) is 0 Å². The summed E-state index contributed by atoms with van der Waals surface area (Å²) in [6.07, 6.45) is -4.86. The normalized spacial score (nSPS) is 26.5. The second-order valence-corrected chi connectivity index (χ2v) is 11.8. The van der Waals surface area contributed by atoms with Crippen molar-refractivity contribution in [2.75, 3.05) is 19.8 Å². The molecule has 0 amide bonds. The number of hydrogen-bond acceptors (Lipinski definition) is 14. The zero-order valence-corrected chi connectivity index (χ0v) is 26.0. The second-order valence-electron chi connectivity index (χ2n) is 11.8. The number of hydrogen-bond donors (Lipinski definition) is 10. The van der Waals surface area contributed by atoms with Gasteiger partial charge in [0, 0.05) is 6.42 Å². The van der Waals surface area contributed by atoms with Gasteiger partial charge in [0.25, 0.3) is 0 Å². The monoisotopic (exact) mass is 642 g/mol. The summed E-state index contributed by atoms with van der Waals surface area (Å²) >= 11 is 0. The highest BCUT2D eigenvalue weighted by Gasteiger charge is 2.44. The van der Waals surface area contributed by atoms with E-state index in [1.54, 1.807) is 0 Å². The molecule has 1 heterocycles. The number of carbonyl (C=O) groups is 1. The summed E-state index contributed by atoms with van der Waals surface area (Å²) in [5.74, 6) is -0.606. The Kier molecular flexibility index (Phi) is 21.7. The quantitative estimate of drug-likeness (QED) is 0.0424.